The van der Waals surface area contributed by atoms with Crippen molar-refractivity contribution >= 4 is 0 Å². The van der Waals surface area contributed by atoms with Crippen molar-refractivity contribution in [2.45, 2.75) is 64.0 Å². The highest BCUT2D eigenvalue weighted by atomic mass is 16.5. The molecule has 1 aliphatic heterocycles. The van der Waals surface area contributed by atoms with Gasteiger partial charge in [0.05, 0.1) is 6.10 Å². The van der Waals surface area contributed by atoms with E-state index in [1.165, 1.54) is 71.1 Å². The van der Waals surface area contributed by atoms with E-state index in [0.29, 0.717) is 6.10 Å². The molecule has 0 amide bonds. The summed E-state index contributed by atoms with van der Waals surface area (Å²) < 4.78 is 5.46. The monoisotopic (exact) mass is 282 g/mol. The van der Waals surface area contributed by atoms with Crippen LogP contribution in [-0.4, -0.2) is 62.3 Å². The molecule has 2 rings (SSSR count). The lowest BCUT2D eigenvalue weighted by molar-refractivity contribution is 0.0544. The lowest BCUT2D eigenvalue weighted by atomic mass is 9.84. The molecule has 0 unspecified atom stereocenters. The zero-order valence-electron chi connectivity index (χ0n) is 13.8. The summed E-state index contributed by atoms with van der Waals surface area (Å²) in [6, 6.07) is 0.777. The molecule has 3 heteroatoms. The largest absolute Gasteiger partial charge is 0.381 e. The smallest absolute Gasteiger partial charge is 0.0571 e. The summed E-state index contributed by atoms with van der Waals surface area (Å²) in [6.07, 6.45) is 10.1. The van der Waals surface area contributed by atoms with Gasteiger partial charge < -0.3 is 9.64 Å². The van der Waals surface area contributed by atoms with Gasteiger partial charge in [-0.2, -0.15) is 0 Å². The lowest BCUT2D eigenvalue weighted by Gasteiger charge is -2.36. The zero-order valence-corrected chi connectivity index (χ0v) is 13.8. The Bertz CT molecular complexity index is 256. The van der Waals surface area contributed by atoms with Crippen LogP contribution in [0.2, 0.25) is 0 Å². The normalized spacial score (nSPS) is 31.4. The second-order valence-electron chi connectivity index (χ2n) is 7.00. The quantitative estimate of drug-likeness (QED) is 0.745. The van der Waals surface area contributed by atoms with Crippen molar-refractivity contribution in [2.24, 2.45) is 5.92 Å². The van der Waals surface area contributed by atoms with Crippen LogP contribution in [0.5, 0.6) is 0 Å². The van der Waals surface area contributed by atoms with E-state index in [0.717, 1.165) is 12.0 Å². The summed E-state index contributed by atoms with van der Waals surface area (Å²) in [4.78, 5) is 5.12. The van der Waals surface area contributed by atoms with Crippen molar-refractivity contribution in [3.05, 3.63) is 0 Å². The third-order valence-corrected chi connectivity index (χ3v) is 5.52. The Morgan fingerprint density at radius 1 is 1.05 bits per heavy atom. The number of nitrogens with zero attached hydrogens (tertiary/aromatic N) is 2. The molecule has 1 saturated heterocycles. The van der Waals surface area contributed by atoms with Gasteiger partial charge in [0.25, 0.3) is 0 Å². The molecular weight excluding hydrogens is 248 g/mol. The molecule has 2 aliphatic rings. The van der Waals surface area contributed by atoms with Crippen LogP contribution in [0.3, 0.4) is 0 Å². The number of methoxy groups -OCH3 is 1. The maximum Gasteiger partial charge on any atom is 0.0571 e. The van der Waals surface area contributed by atoms with E-state index in [2.05, 4.69) is 23.8 Å². The third-order valence-electron chi connectivity index (χ3n) is 5.52. The number of ether oxygens (including phenoxy) is 1. The number of hydrogen-bond donors (Lipinski definition) is 0. The van der Waals surface area contributed by atoms with Gasteiger partial charge in [-0.25, -0.2) is 0 Å². The van der Waals surface area contributed by atoms with Crippen LogP contribution in [0.25, 0.3) is 0 Å². The lowest BCUT2D eigenvalue weighted by Crippen LogP contribution is -2.48. The first-order valence-corrected chi connectivity index (χ1v) is 8.64. The van der Waals surface area contributed by atoms with Crippen LogP contribution in [0.15, 0.2) is 0 Å². The van der Waals surface area contributed by atoms with Gasteiger partial charge in [0.2, 0.25) is 0 Å². The van der Waals surface area contributed by atoms with Gasteiger partial charge in [0.1, 0.15) is 0 Å². The van der Waals surface area contributed by atoms with E-state index in [1.54, 1.807) is 0 Å². The fourth-order valence-electron chi connectivity index (χ4n) is 3.80. The number of rotatable bonds is 6. The topological polar surface area (TPSA) is 15.7 Å². The number of likely N-dealkylation sites (N-methyl/N-ethyl adjacent to an activating group) is 1. The van der Waals surface area contributed by atoms with E-state index in [9.17, 15) is 0 Å². The Labute approximate surface area is 125 Å². The Hall–Kier alpha value is -0.120. The van der Waals surface area contributed by atoms with Crippen LogP contribution in [-0.2, 0) is 4.74 Å². The molecule has 1 saturated carbocycles. The maximum absolute atomic E-state index is 5.46. The number of piperazine rings is 1. The molecule has 2 fully saturated rings. The SMILES string of the molecule is COC1CCC(CCC[C@@H](C)N2CCN(C)CC2)CC1. The molecule has 20 heavy (non-hydrogen) atoms. The molecule has 0 radical (unpaired) electrons. The molecule has 118 valence electrons. The van der Waals surface area contributed by atoms with E-state index in [-0.39, 0.29) is 0 Å². The summed E-state index contributed by atoms with van der Waals surface area (Å²) in [5.41, 5.74) is 0. The third kappa shape index (κ3) is 5.01. The second-order valence-corrected chi connectivity index (χ2v) is 7.00. The predicted molar refractivity (Wildman–Crippen MR) is 85.1 cm³/mol. The number of hydrogen-bond acceptors (Lipinski definition) is 3. The molecule has 0 aromatic heterocycles. The molecule has 0 aromatic rings. The van der Waals surface area contributed by atoms with Crippen LogP contribution in [0.1, 0.15) is 51.9 Å². The van der Waals surface area contributed by atoms with E-state index >= 15 is 0 Å². The van der Waals surface area contributed by atoms with Crippen molar-refractivity contribution in [3.8, 4) is 0 Å². The molecule has 1 heterocycles. The first-order chi connectivity index (χ1) is 9.69. The maximum atomic E-state index is 5.46. The minimum absolute atomic E-state index is 0.551. The minimum Gasteiger partial charge on any atom is -0.381 e. The highest BCUT2D eigenvalue weighted by molar-refractivity contribution is 4.76. The van der Waals surface area contributed by atoms with Gasteiger partial charge >= 0.3 is 0 Å². The minimum atomic E-state index is 0.551. The molecular formula is C17H34N2O. The standard InChI is InChI=1S/C17H34N2O/c1-15(19-13-11-18(2)12-14-19)5-4-6-16-7-9-17(20-3)10-8-16/h15-17H,4-14H2,1-3H3/t15-,16?,17?/m1/s1. The van der Waals surface area contributed by atoms with Crippen molar-refractivity contribution in [1.29, 1.82) is 0 Å². The summed E-state index contributed by atoms with van der Waals surface area (Å²) in [5, 5.41) is 0. The Kier molecular flexibility index (Phi) is 6.79. The molecule has 0 bridgehead atoms. The average Bonchev–Trinajstić information content (AvgIpc) is 2.48. The molecule has 1 aliphatic carbocycles. The van der Waals surface area contributed by atoms with Gasteiger partial charge in [-0.1, -0.05) is 12.8 Å². The molecule has 0 spiro atoms. The zero-order chi connectivity index (χ0) is 14.4. The van der Waals surface area contributed by atoms with Gasteiger partial charge in [-0.15, -0.1) is 0 Å². The van der Waals surface area contributed by atoms with Crippen LogP contribution < -0.4 is 0 Å². The van der Waals surface area contributed by atoms with Gasteiger partial charge in [-0.3, -0.25) is 4.90 Å². The van der Waals surface area contributed by atoms with E-state index in [1.807, 2.05) is 7.11 Å². The summed E-state index contributed by atoms with van der Waals surface area (Å²) >= 11 is 0. The van der Waals surface area contributed by atoms with Gasteiger partial charge in [0, 0.05) is 39.3 Å². The highest BCUT2D eigenvalue weighted by Gasteiger charge is 2.22. The summed E-state index contributed by atoms with van der Waals surface area (Å²) in [7, 11) is 4.10. The van der Waals surface area contributed by atoms with Gasteiger partial charge in [0.15, 0.2) is 0 Å². The van der Waals surface area contributed by atoms with Crippen molar-refractivity contribution < 1.29 is 4.74 Å². The fraction of sp³-hybridized carbons (Fsp3) is 1.00. The second kappa shape index (κ2) is 8.35. The summed E-state index contributed by atoms with van der Waals surface area (Å²) in [5.74, 6) is 0.973. The van der Waals surface area contributed by atoms with Crippen molar-refractivity contribution in [1.82, 2.24) is 9.80 Å². The van der Waals surface area contributed by atoms with Crippen LogP contribution in [0, 0.1) is 5.92 Å². The molecule has 3 nitrogen and oxygen atoms in total. The van der Waals surface area contributed by atoms with E-state index in [4.69, 9.17) is 4.74 Å². The highest BCUT2D eigenvalue weighted by Crippen LogP contribution is 2.29. The molecule has 1 atom stereocenters. The predicted octanol–water partition coefficient (Wildman–Crippen LogP) is 3.00. The Morgan fingerprint density at radius 2 is 1.70 bits per heavy atom. The van der Waals surface area contributed by atoms with Crippen LogP contribution >= 0.6 is 0 Å². The average molecular weight is 282 g/mol. The first kappa shape index (κ1) is 16.3. The Morgan fingerprint density at radius 3 is 2.30 bits per heavy atom. The molecule has 0 aromatic carbocycles. The first-order valence-electron chi connectivity index (χ1n) is 8.64. The van der Waals surface area contributed by atoms with Crippen molar-refractivity contribution in [2.75, 3.05) is 40.3 Å². The molecule has 0 N–H and O–H groups in total. The van der Waals surface area contributed by atoms with Gasteiger partial charge in [-0.05, 0) is 52.0 Å². The van der Waals surface area contributed by atoms with E-state index < -0.39 is 0 Å². The fourth-order valence-corrected chi connectivity index (χ4v) is 3.80. The Balaban J connectivity index is 1.56. The van der Waals surface area contributed by atoms with Crippen LogP contribution in [0.4, 0.5) is 0 Å². The van der Waals surface area contributed by atoms with Crippen molar-refractivity contribution in [3.63, 3.8) is 0 Å². The summed E-state index contributed by atoms with van der Waals surface area (Å²) in [6.45, 7) is 7.43.